The molecule has 2 amide bonds. The minimum absolute atomic E-state index is 0.0268. The largest absolute Gasteiger partial charge is 0.508 e. The highest BCUT2D eigenvalue weighted by Gasteiger charge is 2.28. The van der Waals surface area contributed by atoms with Crippen molar-refractivity contribution < 1.29 is 39.1 Å². The fraction of sp³-hybridized carbons (Fsp3) is 0.154. The summed E-state index contributed by atoms with van der Waals surface area (Å²) in [5.41, 5.74) is 3.63. The van der Waals surface area contributed by atoms with Crippen LogP contribution in [0, 0.1) is 0 Å². The number of phenolic OH excluding ortho intramolecular Hbond substituents is 3. The average Bonchev–Trinajstić information content (AvgIpc) is 3.37. The molecule has 0 spiro atoms. The molecule has 2 unspecified atom stereocenters. The molecule has 15 heteroatoms. The predicted octanol–water partition coefficient (Wildman–Crippen LogP) is 9.30. The normalized spacial score (nSPS) is 13.2. The second-order valence-electron chi connectivity index (χ2n) is 15.3. The van der Waals surface area contributed by atoms with Gasteiger partial charge in [-0.2, -0.15) is 0 Å². The van der Waals surface area contributed by atoms with E-state index >= 15 is 0 Å². The van der Waals surface area contributed by atoms with Crippen molar-refractivity contribution in [3.63, 3.8) is 0 Å². The highest BCUT2D eigenvalue weighted by Crippen LogP contribution is 2.42. The molecule has 1 aliphatic heterocycles. The molecule has 5 N–H and O–H groups in total. The van der Waals surface area contributed by atoms with Crippen molar-refractivity contribution in [1.82, 2.24) is 20.6 Å². The van der Waals surface area contributed by atoms with Crippen LogP contribution in [0.2, 0.25) is 10.0 Å². The number of halogens is 2. The SMILES string of the molecule is O=C(COc1ccccc1)NC(c1ccccc1N1CCOCC1)c1cc(Cl)c2cccnc2c1O.O=C(COc1ccccc1)NC(c1ccccc1O)c1cc(Cl)c2cccnc2c1O. The van der Waals surface area contributed by atoms with Crippen LogP contribution >= 0.6 is 23.2 Å². The summed E-state index contributed by atoms with van der Waals surface area (Å²) < 4.78 is 16.7. The van der Waals surface area contributed by atoms with Gasteiger partial charge in [0.15, 0.2) is 13.2 Å². The number of ether oxygens (including phenoxy) is 3. The van der Waals surface area contributed by atoms with Crippen molar-refractivity contribution in [2.45, 2.75) is 12.1 Å². The van der Waals surface area contributed by atoms with Crippen LogP contribution in [-0.4, -0.2) is 76.6 Å². The Hall–Kier alpha value is -7.58. The lowest BCUT2D eigenvalue weighted by Gasteiger charge is -2.33. The van der Waals surface area contributed by atoms with Crippen molar-refractivity contribution in [1.29, 1.82) is 0 Å². The number of aromatic nitrogens is 2. The Kier molecular flexibility index (Phi) is 14.8. The number of rotatable bonds is 13. The first kappa shape index (κ1) is 46.0. The van der Waals surface area contributed by atoms with Gasteiger partial charge in [0.25, 0.3) is 11.8 Å². The van der Waals surface area contributed by atoms with Gasteiger partial charge in [0.1, 0.15) is 39.8 Å². The van der Waals surface area contributed by atoms with Gasteiger partial charge in [-0.3, -0.25) is 19.6 Å². The van der Waals surface area contributed by atoms with Crippen LogP contribution in [0.3, 0.4) is 0 Å². The molecular weight excluding hydrogens is 894 g/mol. The van der Waals surface area contributed by atoms with E-state index in [1.807, 2.05) is 48.5 Å². The summed E-state index contributed by atoms with van der Waals surface area (Å²) in [6.07, 6.45) is 3.15. The zero-order valence-electron chi connectivity index (χ0n) is 35.9. The Morgan fingerprint density at radius 3 is 1.54 bits per heavy atom. The number of aromatic hydroxyl groups is 3. The van der Waals surface area contributed by atoms with Gasteiger partial charge in [-0.15, -0.1) is 0 Å². The summed E-state index contributed by atoms with van der Waals surface area (Å²) in [5.74, 6) is 0.189. The number of hydrogen-bond acceptors (Lipinski definition) is 11. The molecular formula is C52H45Cl2N5O8. The smallest absolute Gasteiger partial charge is 0.258 e. The van der Waals surface area contributed by atoms with E-state index in [4.69, 9.17) is 37.4 Å². The molecule has 1 fully saturated rings. The molecule has 0 aliphatic carbocycles. The Balaban J connectivity index is 0.000000184. The first-order valence-electron chi connectivity index (χ1n) is 21.3. The molecule has 3 heterocycles. The molecule has 6 aromatic carbocycles. The maximum atomic E-state index is 13.1. The monoisotopic (exact) mass is 937 g/mol. The van der Waals surface area contributed by atoms with Gasteiger partial charge >= 0.3 is 0 Å². The third kappa shape index (κ3) is 10.9. The van der Waals surface area contributed by atoms with E-state index in [-0.39, 0.29) is 36.4 Å². The zero-order valence-corrected chi connectivity index (χ0v) is 37.4. The van der Waals surface area contributed by atoms with Crippen LogP contribution in [0.5, 0.6) is 28.7 Å². The van der Waals surface area contributed by atoms with E-state index in [0.717, 1.165) is 24.3 Å². The van der Waals surface area contributed by atoms with Crippen LogP contribution in [0.15, 0.2) is 158 Å². The number of amides is 2. The number of fused-ring (bicyclic) bond motifs is 2. The van der Waals surface area contributed by atoms with E-state index in [2.05, 4.69) is 25.5 Å². The lowest BCUT2D eigenvalue weighted by atomic mass is 9.94. The van der Waals surface area contributed by atoms with Crippen LogP contribution in [0.25, 0.3) is 21.8 Å². The second kappa shape index (κ2) is 21.6. The van der Waals surface area contributed by atoms with Gasteiger partial charge < -0.3 is 45.1 Å². The molecule has 1 saturated heterocycles. The maximum Gasteiger partial charge on any atom is 0.258 e. The quantitative estimate of drug-likeness (QED) is 0.0745. The maximum absolute atomic E-state index is 13.1. The number of carbonyl (C=O) groups is 2. The number of hydrogen-bond donors (Lipinski definition) is 5. The topological polar surface area (TPSA) is 176 Å². The van der Waals surface area contributed by atoms with Crippen LogP contribution < -0.4 is 25.0 Å². The molecule has 9 rings (SSSR count). The Labute approximate surface area is 396 Å². The van der Waals surface area contributed by atoms with Gasteiger partial charge in [0.05, 0.1) is 35.3 Å². The summed E-state index contributed by atoms with van der Waals surface area (Å²) >= 11 is 13.0. The number of phenols is 3. The Morgan fingerprint density at radius 1 is 0.582 bits per heavy atom. The highest BCUT2D eigenvalue weighted by molar-refractivity contribution is 6.36. The number of para-hydroxylation sites is 4. The van der Waals surface area contributed by atoms with Crippen LogP contribution in [-0.2, 0) is 14.3 Å². The molecule has 0 bridgehead atoms. The van der Waals surface area contributed by atoms with Crippen molar-refractivity contribution in [2.75, 3.05) is 44.4 Å². The van der Waals surface area contributed by atoms with Gasteiger partial charge in [-0.1, -0.05) is 96.0 Å². The third-order valence-electron chi connectivity index (χ3n) is 11.0. The summed E-state index contributed by atoms with van der Waals surface area (Å²) in [6, 6.07) is 41.2. The standard InChI is InChI=1S/C28H26ClN3O4.C24H19ClN2O4/c29-23-17-22(28(34)27-20(23)10-6-12-30-27)26(31-25(33)18-36-19-7-2-1-3-8-19)21-9-4-5-11-24(21)32-13-15-35-16-14-32;25-19-13-18(24(30)23-16(19)10-6-12-26-23)22(17-9-4-5-11-20(17)28)27-21(29)14-31-15-7-2-1-3-8-15/h1-12,17,26,34H,13-16,18H2,(H,31,33);1-13,22,28,30H,14H2,(H,27,29). The van der Waals surface area contributed by atoms with Gasteiger partial charge in [0, 0.05) is 64.2 Å². The molecule has 13 nitrogen and oxygen atoms in total. The van der Waals surface area contributed by atoms with Gasteiger partial charge in [-0.05, 0) is 72.8 Å². The van der Waals surface area contributed by atoms with Gasteiger partial charge in [-0.25, -0.2) is 0 Å². The number of nitrogens with zero attached hydrogens (tertiary/aromatic N) is 3. The van der Waals surface area contributed by atoms with Crippen LogP contribution in [0.4, 0.5) is 5.69 Å². The predicted molar refractivity (Wildman–Crippen MR) is 258 cm³/mol. The number of carbonyl (C=O) groups excluding carboxylic acids is 2. The zero-order chi connectivity index (χ0) is 46.7. The first-order chi connectivity index (χ1) is 32.7. The summed E-state index contributed by atoms with van der Waals surface area (Å²) in [6.45, 7) is 2.26. The van der Waals surface area contributed by atoms with E-state index in [9.17, 15) is 24.9 Å². The molecule has 0 saturated carbocycles. The summed E-state index contributed by atoms with van der Waals surface area (Å²) in [4.78, 5) is 36.6. The van der Waals surface area contributed by atoms with Crippen molar-refractivity contribution in [3.05, 3.63) is 190 Å². The first-order valence-corrected chi connectivity index (χ1v) is 22.1. The lowest BCUT2D eigenvalue weighted by molar-refractivity contribution is -0.124. The fourth-order valence-electron chi connectivity index (χ4n) is 7.79. The van der Waals surface area contributed by atoms with E-state index in [0.29, 0.717) is 73.3 Å². The Bertz CT molecular complexity index is 2990. The van der Waals surface area contributed by atoms with Crippen LogP contribution in [0.1, 0.15) is 34.3 Å². The number of pyridine rings is 2. The second-order valence-corrected chi connectivity index (χ2v) is 16.1. The number of anilines is 1. The number of benzene rings is 6. The third-order valence-corrected chi connectivity index (χ3v) is 11.6. The average molecular weight is 939 g/mol. The minimum Gasteiger partial charge on any atom is -0.508 e. The summed E-state index contributed by atoms with van der Waals surface area (Å²) in [7, 11) is 0. The van der Waals surface area contributed by atoms with E-state index < -0.39 is 18.0 Å². The van der Waals surface area contributed by atoms with E-state index in [1.165, 1.54) is 6.07 Å². The molecule has 2 atom stereocenters. The van der Waals surface area contributed by atoms with E-state index in [1.54, 1.807) is 103 Å². The number of morpholine rings is 1. The minimum atomic E-state index is -0.878. The lowest BCUT2D eigenvalue weighted by Crippen LogP contribution is -2.38. The highest BCUT2D eigenvalue weighted by atomic mass is 35.5. The van der Waals surface area contributed by atoms with Crippen molar-refractivity contribution in [2.24, 2.45) is 0 Å². The fourth-order valence-corrected chi connectivity index (χ4v) is 8.33. The number of nitrogens with one attached hydrogen (secondary N) is 2. The molecule has 1 aliphatic rings. The molecule has 340 valence electrons. The molecule has 67 heavy (non-hydrogen) atoms. The molecule has 8 aromatic rings. The summed E-state index contributed by atoms with van der Waals surface area (Å²) in [5, 5.41) is 40.6. The molecule has 2 aromatic heterocycles. The Morgan fingerprint density at radius 2 is 1.03 bits per heavy atom. The van der Waals surface area contributed by atoms with Gasteiger partial charge in [0.2, 0.25) is 0 Å². The molecule has 0 radical (unpaired) electrons. The van der Waals surface area contributed by atoms with Crippen molar-refractivity contribution >= 4 is 62.5 Å². The van der Waals surface area contributed by atoms with Crippen molar-refractivity contribution in [3.8, 4) is 28.7 Å².